The molecule has 0 spiro atoms. The second-order valence-electron chi connectivity index (χ2n) is 7.79. The van der Waals surface area contributed by atoms with E-state index in [-0.39, 0.29) is 11.9 Å². The standard InChI is InChI=1S/C21H25N7O2/c1-3-22-21-23-11-17-19(24-21)27-9-5-8-16(27)12-28(20(17)29)15-7-4-6-14(10-15)18-25-30-13-26(18)2/h4,6-7,10-11,16H,3,5,8-9,12-13H2,1-2H3,(H,22,23,24)/t16-/m0/s1. The molecule has 3 aliphatic heterocycles. The summed E-state index contributed by atoms with van der Waals surface area (Å²) >= 11 is 0. The van der Waals surface area contributed by atoms with Crippen molar-refractivity contribution in [2.45, 2.75) is 25.8 Å². The molecule has 1 aromatic heterocycles. The van der Waals surface area contributed by atoms with Gasteiger partial charge < -0.3 is 24.9 Å². The molecule has 0 bridgehead atoms. The van der Waals surface area contributed by atoms with E-state index in [0.717, 1.165) is 48.8 Å². The van der Waals surface area contributed by atoms with Crippen molar-refractivity contribution in [3.63, 3.8) is 0 Å². The summed E-state index contributed by atoms with van der Waals surface area (Å²) in [5, 5.41) is 7.29. The number of aromatic nitrogens is 2. The minimum atomic E-state index is -0.0717. The molecular formula is C21H25N7O2. The van der Waals surface area contributed by atoms with E-state index in [1.165, 1.54) is 0 Å². The van der Waals surface area contributed by atoms with E-state index >= 15 is 0 Å². The highest BCUT2D eigenvalue weighted by Crippen LogP contribution is 2.34. The second kappa shape index (κ2) is 7.47. The lowest BCUT2D eigenvalue weighted by Gasteiger charge is -2.27. The zero-order chi connectivity index (χ0) is 20.7. The van der Waals surface area contributed by atoms with Gasteiger partial charge in [0.25, 0.3) is 5.91 Å². The third-order valence-corrected chi connectivity index (χ3v) is 5.80. The van der Waals surface area contributed by atoms with Crippen LogP contribution in [0.25, 0.3) is 0 Å². The summed E-state index contributed by atoms with van der Waals surface area (Å²) < 4.78 is 0. The molecule has 1 fully saturated rings. The van der Waals surface area contributed by atoms with Crippen molar-refractivity contribution in [3.8, 4) is 0 Å². The fourth-order valence-corrected chi connectivity index (χ4v) is 4.35. The number of nitrogens with zero attached hydrogens (tertiary/aromatic N) is 6. The number of amidine groups is 1. The fraction of sp³-hybridized carbons (Fsp3) is 0.429. The highest BCUT2D eigenvalue weighted by Gasteiger charge is 2.37. The summed E-state index contributed by atoms with van der Waals surface area (Å²) in [7, 11) is 1.93. The molecule has 9 heteroatoms. The van der Waals surface area contributed by atoms with Crippen molar-refractivity contribution in [2.75, 3.05) is 48.5 Å². The number of anilines is 3. The number of fused-ring (bicyclic) bond motifs is 3. The normalized spacial score (nSPS) is 20.5. The van der Waals surface area contributed by atoms with Crippen molar-refractivity contribution in [3.05, 3.63) is 41.6 Å². The van der Waals surface area contributed by atoms with Crippen LogP contribution in [0, 0.1) is 0 Å². The molecule has 1 N–H and O–H groups in total. The van der Waals surface area contributed by atoms with Gasteiger partial charge in [0.1, 0.15) is 11.4 Å². The quantitative estimate of drug-likeness (QED) is 0.831. The van der Waals surface area contributed by atoms with Crippen LogP contribution in [0.1, 0.15) is 35.7 Å². The Morgan fingerprint density at radius 2 is 2.23 bits per heavy atom. The van der Waals surface area contributed by atoms with E-state index in [2.05, 4.69) is 25.3 Å². The van der Waals surface area contributed by atoms with Gasteiger partial charge in [-0.1, -0.05) is 17.3 Å². The molecule has 5 rings (SSSR count). The second-order valence-corrected chi connectivity index (χ2v) is 7.79. The van der Waals surface area contributed by atoms with E-state index in [0.29, 0.717) is 24.8 Å². The number of amides is 1. The number of carbonyl (C=O) groups excluding carboxylic acids is 1. The maximum atomic E-state index is 13.6. The van der Waals surface area contributed by atoms with E-state index in [9.17, 15) is 4.79 Å². The van der Waals surface area contributed by atoms with Gasteiger partial charge in [-0.05, 0) is 31.9 Å². The molecule has 4 heterocycles. The molecule has 1 amide bonds. The third kappa shape index (κ3) is 3.10. The van der Waals surface area contributed by atoms with Gasteiger partial charge in [0, 0.05) is 50.2 Å². The molecular weight excluding hydrogens is 382 g/mol. The lowest BCUT2D eigenvalue weighted by atomic mass is 10.1. The van der Waals surface area contributed by atoms with Crippen LogP contribution in [0.4, 0.5) is 17.5 Å². The molecule has 1 aromatic carbocycles. The Balaban J connectivity index is 1.55. The molecule has 0 aliphatic carbocycles. The highest BCUT2D eigenvalue weighted by atomic mass is 16.7. The lowest BCUT2D eigenvalue weighted by Crippen LogP contribution is -2.40. The predicted octanol–water partition coefficient (Wildman–Crippen LogP) is 2.12. The smallest absolute Gasteiger partial charge is 0.263 e. The van der Waals surface area contributed by atoms with Gasteiger partial charge in [0.15, 0.2) is 12.6 Å². The number of benzene rings is 1. The zero-order valence-corrected chi connectivity index (χ0v) is 17.2. The number of hydrogen-bond donors (Lipinski definition) is 1. The summed E-state index contributed by atoms with van der Waals surface area (Å²) in [5.74, 6) is 1.99. The molecule has 0 radical (unpaired) electrons. The Morgan fingerprint density at radius 3 is 3.03 bits per heavy atom. The number of hydrogen-bond acceptors (Lipinski definition) is 8. The lowest BCUT2D eigenvalue weighted by molar-refractivity contribution is 0.0988. The zero-order valence-electron chi connectivity index (χ0n) is 17.2. The first kappa shape index (κ1) is 18.7. The first-order chi connectivity index (χ1) is 14.7. The molecule has 9 nitrogen and oxygen atoms in total. The van der Waals surface area contributed by atoms with Crippen molar-refractivity contribution in [2.24, 2.45) is 5.16 Å². The number of carbonyl (C=O) groups is 1. The molecule has 0 unspecified atom stereocenters. The van der Waals surface area contributed by atoms with Gasteiger partial charge in [-0.3, -0.25) is 4.79 Å². The van der Waals surface area contributed by atoms with Crippen LogP contribution >= 0.6 is 0 Å². The van der Waals surface area contributed by atoms with Gasteiger partial charge >= 0.3 is 0 Å². The van der Waals surface area contributed by atoms with Gasteiger partial charge in [0.2, 0.25) is 5.95 Å². The van der Waals surface area contributed by atoms with E-state index in [1.807, 2.05) is 48.0 Å². The summed E-state index contributed by atoms with van der Waals surface area (Å²) in [6, 6.07) is 8.14. The average Bonchev–Trinajstić information content (AvgIpc) is 3.38. The Bertz CT molecular complexity index is 1010. The summed E-state index contributed by atoms with van der Waals surface area (Å²) in [5.41, 5.74) is 2.31. The maximum Gasteiger partial charge on any atom is 0.263 e. The predicted molar refractivity (Wildman–Crippen MR) is 115 cm³/mol. The Morgan fingerprint density at radius 1 is 1.33 bits per heavy atom. The average molecular weight is 407 g/mol. The van der Waals surface area contributed by atoms with Crippen molar-refractivity contribution in [1.29, 1.82) is 0 Å². The monoisotopic (exact) mass is 407 g/mol. The van der Waals surface area contributed by atoms with Crippen LogP contribution in [0.2, 0.25) is 0 Å². The van der Waals surface area contributed by atoms with Gasteiger partial charge in [0.05, 0.1) is 0 Å². The van der Waals surface area contributed by atoms with Gasteiger partial charge in [-0.15, -0.1) is 0 Å². The Hall–Kier alpha value is -3.36. The summed E-state index contributed by atoms with van der Waals surface area (Å²) in [4.78, 5) is 33.9. The Labute approximate surface area is 175 Å². The molecule has 2 aromatic rings. The molecule has 3 aliphatic rings. The molecule has 1 atom stereocenters. The Kier molecular flexibility index (Phi) is 4.65. The largest absolute Gasteiger partial charge is 0.372 e. The van der Waals surface area contributed by atoms with Gasteiger partial charge in [-0.25, -0.2) is 4.98 Å². The number of rotatable bonds is 4. The number of nitrogens with one attached hydrogen (secondary N) is 1. The molecule has 156 valence electrons. The van der Waals surface area contributed by atoms with Crippen molar-refractivity contribution >= 4 is 29.2 Å². The van der Waals surface area contributed by atoms with Crippen molar-refractivity contribution < 1.29 is 9.63 Å². The van der Waals surface area contributed by atoms with Crippen LogP contribution in [0.3, 0.4) is 0 Å². The van der Waals surface area contributed by atoms with E-state index in [1.54, 1.807) is 6.20 Å². The van der Waals surface area contributed by atoms with Crippen LogP contribution in [-0.2, 0) is 4.84 Å². The fourth-order valence-electron chi connectivity index (χ4n) is 4.35. The first-order valence-electron chi connectivity index (χ1n) is 10.4. The first-order valence-corrected chi connectivity index (χ1v) is 10.4. The molecule has 30 heavy (non-hydrogen) atoms. The molecule has 1 saturated heterocycles. The molecule has 0 saturated carbocycles. The minimum absolute atomic E-state index is 0.0717. The minimum Gasteiger partial charge on any atom is -0.372 e. The summed E-state index contributed by atoms with van der Waals surface area (Å²) in [6.07, 6.45) is 3.78. The van der Waals surface area contributed by atoms with Gasteiger partial charge in [-0.2, -0.15) is 4.98 Å². The van der Waals surface area contributed by atoms with E-state index in [4.69, 9.17) is 4.84 Å². The highest BCUT2D eigenvalue weighted by molar-refractivity contribution is 6.10. The SMILES string of the molecule is CCNc1ncc2c(n1)N1CCC[C@H]1CN(c1cccc(C3=NOCN3C)c1)C2=O. The topological polar surface area (TPSA) is 86.2 Å². The third-order valence-electron chi connectivity index (χ3n) is 5.80. The van der Waals surface area contributed by atoms with Crippen LogP contribution in [-0.4, -0.2) is 66.1 Å². The van der Waals surface area contributed by atoms with E-state index < -0.39 is 0 Å². The van der Waals surface area contributed by atoms with Crippen molar-refractivity contribution in [1.82, 2.24) is 14.9 Å². The van der Waals surface area contributed by atoms with Crippen LogP contribution < -0.4 is 15.1 Å². The van der Waals surface area contributed by atoms with Crippen LogP contribution in [0.5, 0.6) is 0 Å². The number of oxime groups is 1. The maximum absolute atomic E-state index is 13.6. The van der Waals surface area contributed by atoms with Crippen LogP contribution in [0.15, 0.2) is 35.6 Å². The summed E-state index contributed by atoms with van der Waals surface area (Å²) in [6.45, 7) is 4.69.